The first kappa shape index (κ1) is 16.8. The van der Waals surface area contributed by atoms with E-state index in [-0.39, 0.29) is 5.91 Å². The summed E-state index contributed by atoms with van der Waals surface area (Å²) in [6, 6.07) is 23.2. The Morgan fingerprint density at radius 2 is 1.85 bits per heavy atom. The van der Waals surface area contributed by atoms with Crippen LogP contribution in [0.25, 0.3) is 16.7 Å². The van der Waals surface area contributed by atoms with Crippen LogP contribution >= 0.6 is 0 Å². The predicted molar refractivity (Wildman–Crippen MR) is 106 cm³/mol. The maximum atomic E-state index is 12.3. The van der Waals surface area contributed by atoms with E-state index in [1.54, 1.807) is 13.4 Å². The van der Waals surface area contributed by atoms with E-state index in [1.807, 2.05) is 77.4 Å². The molecule has 3 aromatic carbocycles. The third-order valence-corrected chi connectivity index (χ3v) is 4.38. The summed E-state index contributed by atoms with van der Waals surface area (Å²) in [7, 11) is 1.62. The molecule has 0 atom stereocenters. The third kappa shape index (κ3) is 3.67. The number of nitrogens with one attached hydrogen (secondary N) is 1. The second-order valence-electron chi connectivity index (χ2n) is 6.23. The molecule has 134 valence electrons. The van der Waals surface area contributed by atoms with Crippen LogP contribution in [0.2, 0.25) is 0 Å². The molecule has 5 nitrogen and oxygen atoms in total. The molecule has 4 aromatic rings. The van der Waals surface area contributed by atoms with Crippen molar-refractivity contribution in [2.24, 2.45) is 0 Å². The van der Waals surface area contributed by atoms with Crippen LogP contribution in [-0.4, -0.2) is 22.6 Å². The van der Waals surface area contributed by atoms with Crippen molar-refractivity contribution in [3.05, 3.63) is 84.7 Å². The lowest BCUT2D eigenvalue weighted by Gasteiger charge is -2.09. The minimum Gasteiger partial charge on any atom is -0.497 e. The van der Waals surface area contributed by atoms with Gasteiger partial charge in [-0.15, -0.1) is 0 Å². The molecule has 0 radical (unpaired) electrons. The number of rotatable bonds is 5. The van der Waals surface area contributed by atoms with Gasteiger partial charge in [-0.3, -0.25) is 9.36 Å². The topological polar surface area (TPSA) is 56.1 Å². The van der Waals surface area contributed by atoms with Gasteiger partial charge in [0.1, 0.15) is 12.1 Å². The number of nitrogens with zero attached hydrogens (tertiary/aromatic N) is 2. The van der Waals surface area contributed by atoms with Gasteiger partial charge in [0.05, 0.1) is 24.6 Å². The Labute approximate surface area is 157 Å². The smallest absolute Gasteiger partial charge is 0.228 e. The van der Waals surface area contributed by atoms with Gasteiger partial charge in [0.25, 0.3) is 0 Å². The molecule has 0 spiro atoms. The fourth-order valence-electron chi connectivity index (χ4n) is 3.04. The number of anilines is 1. The van der Waals surface area contributed by atoms with E-state index in [0.717, 1.165) is 33.7 Å². The van der Waals surface area contributed by atoms with Crippen LogP contribution in [0, 0.1) is 0 Å². The molecule has 1 N–H and O–H groups in total. The van der Waals surface area contributed by atoms with Crippen molar-refractivity contribution in [2.45, 2.75) is 6.42 Å². The van der Waals surface area contributed by atoms with E-state index < -0.39 is 0 Å². The number of carbonyl (C=O) groups excluding carboxylic acids is 1. The number of hydrogen-bond donors (Lipinski definition) is 1. The molecule has 1 heterocycles. The average molecular weight is 357 g/mol. The highest BCUT2D eigenvalue weighted by Gasteiger charge is 2.07. The highest BCUT2D eigenvalue weighted by atomic mass is 16.5. The van der Waals surface area contributed by atoms with Gasteiger partial charge in [-0.05, 0) is 54.1 Å². The fourth-order valence-corrected chi connectivity index (χ4v) is 3.04. The molecular formula is C22H19N3O2. The van der Waals surface area contributed by atoms with Gasteiger partial charge in [0, 0.05) is 11.4 Å². The zero-order valence-electron chi connectivity index (χ0n) is 14.9. The lowest BCUT2D eigenvalue weighted by Crippen LogP contribution is -2.14. The van der Waals surface area contributed by atoms with Crippen LogP contribution in [0.4, 0.5) is 5.69 Å². The van der Waals surface area contributed by atoms with Crippen LogP contribution < -0.4 is 10.1 Å². The first-order chi connectivity index (χ1) is 13.2. The quantitative estimate of drug-likeness (QED) is 0.582. The van der Waals surface area contributed by atoms with Gasteiger partial charge >= 0.3 is 0 Å². The van der Waals surface area contributed by atoms with Crippen molar-refractivity contribution in [2.75, 3.05) is 12.4 Å². The summed E-state index contributed by atoms with van der Waals surface area (Å²) in [5.74, 6) is 0.682. The Balaban J connectivity index is 1.46. The van der Waals surface area contributed by atoms with Gasteiger partial charge in [-0.1, -0.05) is 24.3 Å². The van der Waals surface area contributed by atoms with Crippen LogP contribution in [0.15, 0.2) is 79.1 Å². The van der Waals surface area contributed by atoms with Crippen LogP contribution in [0.5, 0.6) is 5.75 Å². The maximum Gasteiger partial charge on any atom is 0.228 e. The number of methoxy groups -OCH3 is 1. The number of fused-ring (bicyclic) bond motifs is 1. The number of aromatic nitrogens is 2. The summed E-state index contributed by atoms with van der Waals surface area (Å²) in [5, 5.41) is 2.93. The molecule has 0 aliphatic heterocycles. The van der Waals surface area contributed by atoms with Crippen molar-refractivity contribution in [1.29, 1.82) is 0 Å². The number of amides is 1. The number of carbonyl (C=O) groups is 1. The second-order valence-corrected chi connectivity index (χ2v) is 6.23. The van der Waals surface area contributed by atoms with E-state index in [0.29, 0.717) is 6.42 Å². The highest BCUT2D eigenvalue weighted by molar-refractivity contribution is 5.92. The van der Waals surface area contributed by atoms with Gasteiger partial charge < -0.3 is 10.1 Å². The Bertz CT molecular complexity index is 1080. The Morgan fingerprint density at radius 3 is 2.67 bits per heavy atom. The molecule has 4 rings (SSSR count). The number of imidazole rings is 1. The Morgan fingerprint density at radius 1 is 1.04 bits per heavy atom. The molecule has 1 amide bonds. The van der Waals surface area contributed by atoms with Crippen molar-refractivity contribution < 1.29 is 9.53 Å². The molecule has 27 heavy (non-hydrogen) atoms. The first-order valence-corrected chi connectivity index (χ1v) is 8.68. The Hall–Kier alpha value is -3.60. The summed E-state index contributed by atoms with van der Waals surface area (Å²) < 4.78 is 7.22. The van der Waals surface area contributed by atoms with Gasteiger partial charge in [0.2, 0.25) is 5.91 Å². The van der Waals surface area contributed by atoms with Crippen molar-refractivity contribution in [3.8, 4) is 11.4 Å². The molecule has 1 aromatic heterocycles. The van der Waals surface area contributed by atoms with Crippen molar-refractivity contribution >= 4 is 22.6 Å². The van der Waals surface area contributed by atoms with Gasteiger partial charge in [0.15, 0.2) is 0 Å². The molecular weight excluding hydrogens is 338 g/mol. The standard InChI is InChI=1S/C22H19N3O2/c1-27-19-6-4-5-16(13-19)14-22(26)24-17-9-11-18(12-10-17)25-15-23-20-7-2-3-8-21(20)25/h2-13,15H,14H2,1H3,(H,24,26). The second kappa shape index (κ2) is 7.33. The number of ether oxygens (including phenoxy) is 1. The summed E-state index contributed by atoms with van der Waals surface area (Å²) in [5.41, 5.74) is 4.67. The van der Waals surface area contributed by atoms with E-state index in [4.69, 9.17) is 4.74 Å². The number of benzene rings is 3. The number of hydrogen-bond acceptors (Lipinski definition) is 3. The van der Waals surface area contributed by atoms with Gasteiger partial charge in [-0.25, -0.2) is 4.98 Å². The first-order valence-electron chi connectivity index (χ1n) is 8.68. The third-order valence-electron chi connectivity index (χ3n) is 4.38. The molecule has 5 heteroatoms. The Kier molecular flexibility index (Phi) is 4.58. The molecule has 0 bridgehead atoms. The number of para-hydroxylation sites is 2. The van der Waals surface area contributed by atoms with E-state index in [1.165, 1.54) is 0 Å². The van der Waals surface area contributed by atoms with Crippen molar-refractivity contribution in [3.63, 3.8) is 0 Å². The van der Waals surface area contributed by atoms with E-state index in [9.17, 15) is 4.79 Å². The summed E-state index contributed by atoms with van der Waals surface area (Å²) in [6.07, 6.45) is 2.10. The normalized spacial score (nSPS) is 10.7. The van der Waals surface area contributed by atoms with E-state index >= 15 is 0 Å². The maximum absolute atomic E-state index is 12.3. The minimum atomic E-state index is -0.0657. The summed E-state index contributed by atoms with van der Waals surface area (Å²) in [6.45, 7) is 0. The summed E-state index contributed by atoms with van der Waals surface area (Å²) >= 11 is 0. The zero-order chi connectivity index (χ0) is 18.6. The molecule has 0 aliphatic carbocycles. The van der Waals surface area contributed by atoms with E-state index in [2.05, 4.69) is 10.3 Å². The predicted octanol–water partition coefficient (Wildman–Crippen LogP) is 4.22. The fraction of sp³-hybridized carbons (Fsp3) is 0.0909. The van der Waals surface area contributed by atoms with Crippen LogP contribution in [0.3, 0.4) is 0 Å². The molecule has 0 aliphatic rings. The monoisotopic (exact) mass is 357 g/mol. The largest absolute Gasteiger partial charge is 0.497 e. The lowest BCUT2D eigenvalue weighted by atomic mass is 10.1. The average Bonchev–Trinajstić information content (AvgIpc) is 3.13. The highest BCUT2D eigenvalue weighted by Crippen LogP contribution is 2.20. The molecule has 0 fully saturated rings. The van der Waals surface area contributed by atoms with Crippen LogP contribution in [0.1, 0.15) is 5.56 Å². The van der Waals surface area contributed by atoms with Crippen molar-refractivity contribution in [1.82, 2.24) is 9.55 Å². The molecule has 0 saturated heterocycles. The lowest BCUT2D eigenvalue weighted by molar-refractivity contribution is -0.115. The zero-order valence-corrected chi connectivity index (χ0v) is 14.9. The SMILES string of the molecule is COc1cccc(CC(=O)Nc2ccc(-n3cnc4ccccc43)cc2)c1. The van der Waals surface area contributed by atoms with Crippen LogP contribution in [-0.2, 0) is 11.2 Å². The minimum absolute atomic E-state index is 0.0657. The summed E-state index contributed by atoms with van der Waals surface area (Å²) in [4.78, 5) is 16.7. The molecule has 0 unspecified atom stereocenters. The van der Waals surface area contributed by atoms with Gasteiger partial charge in [-0.2, -0.15) is 0 Å². The molecule has 0 saturated carbocycles.